The van der Waals surface area contributed by atoms with Crippen LogP contribution in [0.25, 0.3) is 0 Å². The van der Waals surface area contributed by atoms with Gasteiger partial charge in [0.1, 0.15) is 5.75 Å². The number of carbonyl (C=O) groups is 1. The number of nitrogen functional groups attached to an aromatic ring is 1. The fraction of sp³-hybridized carbons (Fsp3) is 0.133. The molecule has 20 heavy (non-hydrogen) atoms. The predicted molar refractivity (Wildman–Crippen MR) is 82.7 cm³/mol. The Hall–Kier alpha value is -2.01. The first kappa shape index (κ1) is 14.4. The molecule has 0 heterocycles. The first-order valence-electron chi connectivity index (χ1n) is 6.06. The summed E-state index contributed by atoms with van der Waals surface area (Å²) in [5.41, 5.74) is 7.68. The molecule has 0 radical (unpaired) electrons. The highest BCUT2D eigenvalue weighted by Gasteiger charge is 2.10. The molecule has 3 N–H and O–H groups in total. The number of hydrogen-bond acceptors (Lipinski definition) is 3. The SMILES string of the molecule is COc1cccc(CNC(=O)c2cc(Br)ccc2N)c1. The standard InChI is InChI=1S/C15H15BrN2O2/c1-20-12-4-2-3-10(7-12)9-18-15(19)13-8-11(16)5-6-14(13)17/h2-8H,9,17H2,1H3,(H,18,19). The van der Waals surface area contributed by atoms with E-state index < -0.39 is 0 Å². The van der Waals surface area contributed by atoms with E-state index in [1.807, 2.05) is 24.3 Å². The first-order chi connectivity index (χ1) is 9.60. The van der Waals surface area contributed by atoms with Gasteiger partial charge in [0, 0.05) is 16.7 Å². The van der Waals surface area contributed by atoms with Gasteiger partial charge >= 0.3 is 0 Å². The van der Waals surface area contributed by atoms with Crippen LogP contribution in [0.3, 0.4) is 0 Å². The Bertz CT molecular complexity index is 629. The average Bonchev–Trinajstić information content (AvgIpc) is 2.47. The van der Waals surface area contributed by atoms with E-state index in [1.165, 1.54) is 0 Å². The zero-order valence-corrected chi connectivity index (χ0v) is 12.6. The zero-order valence-electron chi connectivity index (χ0n) is 11.0. The van der Waals surface area contributed by atoms with E-state index in [2.05, 4.69) is 21.2 Å². The molecule has 0 aliphatic carbocycles. The van der Waals surface area contributed by atoms with E-state index in [4.69, 9.17) is 10.5 Å². The smallest absolute Gasteiger partial charge is 0.253 e. The van der Waals surface area contributed by atoms with Gasteiger partial charge in [-0.1, -0.05) is 28.1 Å². The van der Waals surface area contributed by atoms with Crippen molar-refractivity contribution in [1.29, 1.82) is 0 Å². The third kappa shape index (κ3) is 3.51. The fourth-order valence-electron chi connectivity index (χ4n) is 1.79. The molecule has 4 nitrogen and oxygen atoms in total. The van der Waals surface area contributed by atoms with Gasteiger partial charge in [-0.15, -0.1) is 0 Å². The second-order valence-corrected chi connectivity index (χ2v) is 5.18. The van der Waals surface area contributed by atoms with E-state index in [1.54, 1.807) is 25.3 Å². The maximum Gasteiger partial charge on any atom is 0.253 e. The van der Waals surface area contributed by atoms with Crippen molar-refractivity contribution in [3.05, 3.63) is 58.1 Å². The summed E-state index contributed by atoms with van der Waals surface area (Å²) in [6.07, 6.45) is 0. The largest absolute Gasteiger partial charge is 0.497 e. The number of rotatable bonds is 4. The van der Waals surface area contributed by atoms with Gasteiger partial charge in [0.2, 0.25) is 0 Å². The molecule has 5 heteroatoms. The molecular formula is C15H15BrN2O2. The molecule has 2 rings (SSSR count). The molecular weight excluding hydrogens is 320 g/mol. The summed E-state index contributed by atoms with van der Waals surface area (Å²) in [7, 11) is 1.61. The Morgan fingerprint density at radius 1 is 1.30 bits per heavy atom. The van der Waals surface area contributed by atoms with Gasteiger partial charge in [-0.2, -0.15) is 0 Å². The van der Waals surface area contributed by atoms with Crippen molar-refractivity contribution in [2.24, 2.45) is 0 Å². The Kier molecular flexibility index (Phi) is 4.63. The van der Waals surface area contributed by atoms with E-state index in [0.29, 0.717) is 17.8 Å². The number of hydrogen-bond donors (Lipinski definition) is 2. The summed E-state index contributed by atoms with van der Waals surface area (Å²) in [5, 5.41) is 2.84. The highest BCUT2D eigenvalue weighted by Crippen LogP contribution is 2.18. The summed E-state index contributed by atoms with van der Waals surface area (Å²) in [5.74, 6) is 0.560. The van der Waals surface area contributed by atoms with Crippen molar-refractivity contribution < 1.29 is 9.53 Å². The van der Waals surface area contributed by atoms with E-state index in [-0.39, 0.29) is 5.91 Å². The lowest BCUT2D eigenvalue weighted by molar-refractivity contribution is 0.0951. The zero-order chi connectivity index (χ0) is 14.5. The number of carbonyl (C=O) groups excluding carboxylic acids is 1. The van der Waals surface area contributed by atoms with Gasteiger partial charge in [0.25, 0.3) is 5.91 Å². The van der Waals surface area contributed by atoms with Crippen molar-refractivity contribution in [2.75, 3.05) is 12.8 Å². The van der Waals surface area contributed by atoms with Gasteiger partial charge in [-0.05, 0) is 35.9 Å². The lowest BCUT2D eigenvalue weighted by atomic mass is 10.1. The van der Waals surface area contributed by atoms with Crippen LogP contribution in [0.5, 0.6) is 5.75 Å². The van der Waals surface area contributed by atoms with Crippen LogP contribution >= 0.6 is 15.9 Å². The van der Waals surface area contributed by atoms with Crippen LogP contribution in [-0.4, -0.2) is 13.0 Å². The van der Waals surface area contributed by atoms with Crippen molar-refractivity contribution in [3.8, 4) is 5.75 Å². The molecule has 0 unspecified atom stereocenters. The van der Waals surface area contributed by atoms with Crippen LogP contribution in [-0.2, 0) is 6.54 Å². The second kappa shape index (κ2) is 6.43. The Balaban J connectivity index is 2.06. The molecule has 0 aliphatic heterocycles. The highest BCUT2D eigenvalue weighted by atomic mass is 79.9. The molecule has 0 aromatic heterocycles. The minimum absolute atomic E-state index is 0.202. The monoisotopic (exact) mass is 334 g/mol. The average molecular weight is 335 g/mol. The first-order valence-corrected chi connectivity index (χ1v) is 6.85. The predicted octanol–water partition coefficient (Wildman–Crippen LogP) is 2.97. The Labute approximate surface area is 126 Å². The minimum Gasteiger partial charge on any atom is -0.497 e. The molecule has 2 aromatic rings. The van der Waals surface area contributed by atoms with Crippen molar-refractivity contribution >= 4 is 27.5 Å². The van der Waals surface area contributed by atoms with Gasteiger partial charge in [0.15, 0.2) is 0 Å². The Morgan fingerprint density at radius 3 is 2.85 bits per heavy atom. The Morgan fingerprint density at radius 2 is 2.10 bits per heavy atom. The molecule has 0 bridgehead atoms. The van der Waals surface area contributed by atoms with Crippen LogP contribution in [0.2, 0.25) is 0 Å². The second-order valence-electron chi connectivity index (χ2n) is 4.27. The number of methoxy groups -OCH3 is 1. The number of ether oxygens (including phenoxy) is 1. The lowest BCUT2D eigenvalue weighted by Crippen LogP contribution is -2.23. The molecule has 0 atom stereocenters. The van der Waals surface area contributed by atoms with Gasteiger partial charge in [0.05, 0.1) is 12.7 Å². The fourth-order valence-corrected chi connectivity index (χ4v) is 2.15. The van der Waals surface area contributed by atoms with E-state index >= 15 is 0 Å². The van der Waals surface area contributed by atoms with Gasteiger partial charge in [-0.3, -0.25) is 4.79 Å². The molecule has 0 spiro atoms. The minimum atomic E-state index is -0.202. The third-order valence-electron chi connectivity index (χ3n) is 2.85. The van der Waals surface area contributed by atoms with Crippen molar-refractivity contribution in [3.63, 3.8) is 0 Å². The molecule has 104 valence electrons. The van der Waals surface area contributed by atoms with Crippen LogP contribution in [0, 0.1) is 0 Å². The number of anilines is 1. The summed E-state index contributed by atoms with van der Waals surface area (Å²) in [6.45, 7) is 0.419. The highest BCUT2D eigenvalue weighted by molar-refractivity contribution is 9.10. The van der Waals surface area contributed by atoms with Crippen LogP contribution < -0.4 is 15.8 Å². The van der Waals surface area contributed by atoms with Crippen molar-refractivity contribution in [1.82, 2.24) is 5.32 Å². The third-order valence-corrected chi connectivity index (χ3v) is 3.34. The molecule has 0 fully saturated rings. The maximum absolute atomic E-state index is 12.1. The number of halogens is 1. The molecule has 0 saturated carbocycles. The molecule has 1 amide bonds. The van der Waals surface area contributed by atoms with E-state index in [0.717, 1.165) is 15.8 Å². The molecule has 0 aliphatic rings. The number of benzene rings is 2. The van der Waals surface area contributed by atoms with Gasteiger partial charge < -0.3 is 15.8 Å². The summed E-state index contributed by atoms with van der Waals surface area (Å²) < 4.78 is 5.96. The molecule has 0 saturated heterocycles. The summed E-state index contributed by atoms with van der Waals surface area (Å²) >= 11 is 3.33. The number of nitrogens with two attached hydrogens (primary N) is 1. The summed E-state index contributed by atoms with van der Waals surface area (Å²) in [6, 6.07) is 12.7. The number of amides is 1. The number of nitrogens with one attached hydrogen (secondary N) is 1. The quantitative estimate of drug-likeness (QED) is 0.845. The lowest BCUT2D eigenvalue weighted by Gasteiger charge is -2.09. The molecule has 2 aromatic carbocycles. The maximum atomic E-state index is 12.1. The van der Waals surface area contributed by atoms with E-state index in [9.17, 15) is 4.79 Å². The van der Waals surface area contributed by atoms with Gasteiger partial charge in [-0.25, -0.2) is 0 Å². The van der Waals surface area contributed by atoms with Crippen molar-refractivity contribution in [2.45, 2.75) is 6.54 Å². The summed E-state index contributed by atoms with van der Waals surface area (Å²) in [4.78, 5) is 12.1. The van der Waals surface area contributed by atoms with Crippen LogP contribution in [0.15, 0.2) is 46.9 Å². The van der Waals surface area contributed by atoms with Crippen LogP contribution in [0.4, 0.5) is 5.69 Å². The normalized spacial score (nSPS) is 10.1. The van der Waals surface area contributed by atoms with Crippen LogP contribution in [0.1, 0.15) is 15.9 Å². The topological polar surface area (TPSA) is 64.3 Å².